The van der Waals surface area contributed by atoms with Gasteiger partial charge in [0.25, 0.3) is 0 Å². The van der Waals surface area contributed by atoms with Crippen LogP contribution in [-0.2, 0) is 0 Å². The Hall–Kier alpha value is 0.230. The van der Waals surface area contributed by atoms with E-state index in [-0.39, 0.29) is 18.6 Å². The van der Waals surface area contributed by atoms with Crippen LogP contribution in [-0.4, -0.2) is 47.5 Å². The normalized spacial score (nSPS) is 27.2. The fourth-order valence-corrected chi connectivity index (χ4v) is 2.69. The average Bonchev–Trinajstić information content (AvgIpc) is 2.74. The van der Waals surface area contributed by atoms with Gasteiger partial charge in [0, 0.05) is 23.3 Å². The van der Waals surface area contributed by atoms with Gasteiger partial charge in [-0.1, -0.05) is 6.92 Å². The van der Waals surface area contributed by atoms with E-state index in [1.54, 1.807) is 0 Å². The maximum atomic E-state index is 9.15. The van der Waals surface area contributed by atoms with Gasteiger partial charge in [-0.15, -0.1) is 0 Å². The molecule has 0 radical (unpaired) electrons. The van der Waals surface area contributed by atoms with Crippen molar-refractivity contribution in [1.29, 1.82) is 0 Å². The number of nitrogens with one attached hydrogen (secondary N) is 1. The van der Waals surface area contributed by atoms with Gasteiger partial charge in [-0.2, -0.15) is 11.8 Å². The number of hydrogen-bond donors (Lipinski definition) is 3. The molecule has 4 heteroatoms. The summed E-state index contributed by atoms with van der Waals surface area (Å²) in [4.78, 5) is 0. The van der Waals surface area contributed by atoms with Crippen LogP contribution in [0.25, 0.3) is 0 Å². The highest BCUT2D eigenvalue weighted by Crippen LogP contribution is 2.28. The van der Waals surface area contributed by atoms with Crippen LogP contribution in [0.3, 0.4) is 0 Å². The first kappa shape index (κ1) is 13.3. The van der Waals surface area contributed by atoms with Crippen molar-refractivity contribution in [3.8, 4) is 0 Å². The third kappa shape index (κ3) is 3.94. The Kier molecular flexibility index (Phi) is 5.39. The Balaban J connectivity index is 2.25. The molecule has 0 aromatic rings. The Morgan fingerprint density at radius 3 is 2.47 bits per heavy atom. The smallest absolute Gasteiger partial charge is 0.0518 e. The molecule has 0 aliphatic heterocycles. The number of aliphatic hydroxyl groups excluding tert-OH is 2. The molecule has 1 fully saturated rings. The van der Waals surface area contributed by atoms with Gasteiger partial charge in [-0.05, 0) is 25.5 Å². The molecule has 0 aromatic carbocycles. The van der Waals surface area contributed by atoms with Crippen LogP contribution in [0.1, 0.15) is 26.2 Å². The van der Waals surface area contributed by atoms with Gasteiger partial charge in [-0.3, -0.25) is 0 Å². The van der Waals surface area contributed by atoms with Crippen LogP contribution in [0, 0.1) is 5.41 Å². The van der Waals surface area contributed by atoms with Crippen molar-refractivity contribution in [2.45, 2.75) is 37.5 Å². The summed E-state index contributed by atoms with van der Waals surface area (Å²) in [6.07, 6.45) is 5.89. The SMILES string of the molecule is CSC1CCC(NCC(C)(CO)CO)C1. The zero-order valence-electron chi connectivity index (χ0n) is 9.70. The van der Waals surface area contributed by atoms with Crippen molar-refractivity contribution in [3.63, 3.8) is 0 Å². The summed E-state index contributed by atoms with van der Waals surface area (Å²) < 4.78 is 0. The lowest BCUT2D eigenvalue weighted by Gasteiger charge is -2.27. The molecule has 90 valence electrons. The molecule has 1 saturated carbocycles. The predicted octanol–water partition coefficient (Wildman–Crippen LogP) is 0.851. The second-order valence-corrected chi connectivity index (χ2v) is 6.01. The van der Waals surface area contributed by atoms with E-state index < -0.39 is 0 Å². The van der Waals surface area contributed by atoms with Gasteiger partial charge in [-0.25, -0.2) is 0 Å². The van der Waals surface area contributed by atoms with Crippen LogP contribution in [0.15, 0.2) is 0 Å². The highest BCUT2D eigenvalue weighted by molar-refractivity contribution is 7.99. The first-order chi connectivity index (χ1) is 7.13. The number of rotatable bonds is 6. The van der Waals surface area contributed by atoms with Crippen LogP contribution in [0.2, 0.25) is 0 Å². The standard InChI is InChI=1S/C11H23NO2S/c1-11(7-13,8-14)6-12-9-3-4-10(5-9)15-2/h9-10,12-14H,3-8H2,1-2H3. The molecule has 0 spiro atoms. The van der Waals surface area contributed by atoms with Gasteiger partial charge >= 0.3 is 0 Å². The third-order valence-electron chi connectivity index (χ3n) is 3.30. The van der Waals surface area contributed by atoms with Crippen molar-refractivity contribution in [1.82, 2.24) is 5.32 Å². The monoisotopic (exact) mass is 233 g/mol. The van der Waals surface area contributed by atoms with E-state index >= 15 is 0 Å². The van der Waals surface area contributed by atoms with Crippen molar-refractivity contribution < 1.29 is 10.2 Å². The summed E-state index contributed by atoms with van der Waals surface area (Å²) in [6, 6.07) is 0.569. The second kappa shape index (κ2) is 6.09. The maximum Gasteiger partial charge on any atom is 0.0518 e. The van der Waals surface area contributed by atoms with Crippen LogP contribution < -0.4 is 5.32 Å². The molecule has 3 nitrogen and oxygen atoms in total. The first-order valence-electron chi connectivity index (χ1n) is 5.61. The van der Waals surface area contributed by atoms with E-state index in [0.717, 1.165) is 5.25 Å². The number of thioether (sulfide) groups is 1. The Bertz CT molecular complexity index is 185. The van der Waals surface area contributed by atoms with Crippen molar-refractivity contribution >= 4 is 11.8 Å². The fourth-order valence-electron chi connectivity index (χ4n) is 1.89. The predicted molar refractivity (Wildman–Crippen MR) is 65.2 cm³/mol. The largest absolute Gasteiger partial charge is 0.396 e. The Morgan fingerprint density at radius 2 is 2.00 bits per heavy atom. The van der Waals surface area contributed by atoms with Crippen LogP contribution in [0.5, 0.6) is 0 Å². The molecule has 0 amide bonds. The minimum absolute atomic E-state index is 0.0369. The van der Waals surface area contributed by atoms with E-state index in [1.807, 2.05) is 18.7 Å². The van der Waals surface area contributed by atoms with Gasteiger partial charge in [0.1, 0.15) is 0 Å². The van der Waals surface area contributed by atoms with Crippen molar-refractivity contribution in [3.05, 3.63) is 0 Å². The van der Waals surface area contributed by atoms with Crippen LogP contribution >= 0.6 is 11.8 Å². The van der Waals surface area contributed by atoms with Gasteiger partial charge in [0.15, 0.2) is 0 Å². The van der Waals surface area contributed by atoms with Crippen LogP contribution in [0.4, 0.5) is 0 Å². The minimum Gasteiger partial charge on any atom is -0.396 e. The lowest BCUT2D eigenvalue weighted by molar-refractivity contribution is 0.0675. The molecule has 2 unspecified atom stereocenters. The van der Waals surface area contributed by atoms with E-state index in [9.17, 15) is 0 Å². The van der Waals surface area contributed by atoms with E-state index in [1.165, 1.54) is 19.3 Å². The highest BCUT2D eigenvalue weighted by Gasteiger charge is 2.27. The second-order valence-electron chi connectivity index (χ2n) is 4.88. The van der Waals surface area contributed by atoms with Crippen molar-refractivity contribution in [2.24, 2.45) is 5.41 Å². The molecular formula is C11H23NO2S. The summed E-state index contributed by atoms with van der Waals surface area (Å²) in [5.41, 5.74) is -0.378. The van der Waals surface area contributed by atoms with E-state index in [2.05, 4.69) is 11.6 Å². The minimum atomic E-state index is -0.378. The highest BCUT2D eigenvalue weighted by atomic mass is 32.2. The topological polar surface area (TPSA) is 52.5 Å². The molecule has 15 heavy (non-hydrogen) atoms. The lowest BCUT2D eigenvalue weighted by atomic mass is 9.92. The molecule has 2 atom stereocenters. The molecule has 0 heterocycles. The molecule has 0 saturated heterocycles. The van der Waals surface area contributed by atoms with Crippen molar-refractivity contribution in [2.75, 3.05) is 26.0 Å². The summed E-state index contributed by atoms with van der Waals surface area (Å²) in [7, 11) is 0. The van der Waals surface area contributed by atoms with Gasteiger partial charge in [0.05, 0.1) is 13.2 Å². The lowest BCUT2D eigenvalue weighted by Crippen LogP contribution is -2.41. The van der Waals surface area contributed by atoms with Gasteiger partial charge in [0.2, 0.25) is 0 Å². The quantitative estimate of drug-likeness (QED) is 0.637. The molecule has 0 aromatic heterocycles. The fraction of sp³-hybridized carbons (Fsp3) is 1.00. The maximum absolute atomic E-state index is 9.15. The van der Waals surface area contributed by atoms with E-state index in [0.29, 0.717) is 12.6 Å². The molecule has 1 rings (SSSR count). The summed E-state index contributed by atoms with van der Waals surface area (Å²) >= 11 is 1.94. The Morgan fingerprint density at radius 1 is 1.33 bits per heavy atom. The van der Waals surface area contributed by atoms with E-state index in [4.69, 9.17) is 10.2 Å². The summed E-state index contributed by atoms with van der Waals surface area (Å²) in [5.74, 6) is 0. The Labute approximate surface area is 96.6 Å². The van der Waals surface area contributed by atoms with Gasteiger partial charge < -0.3 is 15.5 Å². The molecule has 1 aliphatic rings. The summed E-state index contributed by atoms with van der Waals surface area (Å²) in [5, 5.41) is 22.6. The average molecular weight is 233 g/mol. The molecular weight excluding hydrogens is 210 g/mol. The number of aliphatic hydroxyl groups is 2. The zero-order valence-corrected chi connectivity index (χ0v) is 10.5. The zero-order chi connectivity index (χ0) is 11.3. The molecule has 3 N–H and O–H groups in total. The molecule has 0 bridgehead atoms. The third-order valence-corrected chi connectivity index (χ3v) is 4.39. The first-order valence-corrected chi connectivity index (χ1v) is 6.90. The summed E-state index contributed by atoms with van der Waals surface area (Å²) in [6.45, 7) is 2.68. The molecule has 1 aliphatic carbocycles. The number of hydrogen-bond acceptors (Lipinski definition) is 4.